The van der Waals surface area contributed by atoms with Crippen LogP contribution >= 0.6 is 0 Å². The maximum absolute atomic E-state index is 11.1. The number of esters is 1. The van der Waals surface area contributed by atoms with Gasteiger partial charge in [0.2, 0.25) is 0 Å². The Hall–Kier alpha value is -1.91. The van der Waals surface area contributed by atoms with Gasteiger partial charge in [-0.25, -0.2) is 0 Å². The average molecular weight is 440 g/mol. The summed E-state index contributed by atoms with van der Waals surface area (Å²) < 4.78 is 4.64. The number of hydrogen-bond acceptors (Lipinski definition) is 4. The molecule has 0 amide bonds. The molecule has 0 bridgehead atoms. The van der Waals surface area contributed by atoms with E-state index >= 15 is 0 Å². The number of unbranched alkanes of at least 4 members (excludes halogenated alkanes) is 2. The Morgan fingerprint density at radius 1 is 1.22 bits per heavy atom. The van der Waals surface area contributed by atoms with Gasteiger partial charge in [0.15, 0.2) is 0 Å². The predicted octanol–water partition coefficient (Wildman–Crippen LogP) is 5.14. The fraction of sp³-hybridized carbons (Fsp3) is 0.607. The quantitative estimate of drug-likeness (QED) is 0.254. The number of hydrogen-bond donors (Lipinski definition) is 2. The van der Waals surface area contributed by atoms with Crippen molar-refractivity contribution in [3.8, 4) is 0 Å². The molecular formula is C28H41NO3. The molecular weight excluding hydrogens is 398 g/mol. The van der Waals surface area contributed by atoms with Crippen LogP contribution in [0.1, 0.15) is 62.5 Å². The first-order chi connectivity index (χ1) is 15.6. The Morgan fingerprint density at radius 3 is 2.91 bits per heavy atom. The Kier molecular flexibility index (Phi) is 10.0. The van der Waals surface area contributed by atoms with Crippen molar-refractivity contribution in [2.45, 2.75) is 70.8 Å². The first kappa shape index (κ1) is 24.7. The van der Waals surface area contributed by atoms with E-state index in [0.29, 0.717) is 30.7 Å². The summed E-state index contributed by atoms with van der Waals surface area (Å²) >= 11 is 0. The minimum atomic E-state index is -0.186. The Morgan fingerprint density at radius 2 is 2.09 bits per heavy atom. The molecule has 1 aromatic rings. The molecule has 3 rings (SSSR count). The second kappa shape index (κ2) is 13.0. The maximum Gasteiger partial charge on any atom is 0.306 e. The topological polar surface area (TPSA) is 58.6 Å². The minimum absolute atomic E-state index is 0.152. The minimum Gasteiger partial charge on any atom is -0.469 e. The third kappa shape index (κ3) is 7.60. The number of aryl methyl sites for hydroxylation is 2. The first-order valence-electron chi connectivity index (χ1n) is 12.4. The largest absolute Gasteiger partial charge is 0.469 e. The fourth-order valence-electron chi connectivity index (χ4n) is 5.36. The van der Waals surface area contributed by atoms with Crippen molar-refractivity contribution in [1.29, 1.82) is 0 Å². The molecule has 0 radical (unpaired) electrons. The summed E-state index contributed by atoms with van der Waals surface area (Å²) in [5, 5.41) is 13.9. The first-order valence-corrected chi connectivity index (χ1v) is 12.4. The number of benzene rings is 1. The van der Waals surface area contributed by atoms with Gasteiger partial charge in [-0.1, -0.05) is 60.1 Å². The molecule has 0 spiro atoms. The Bertz CT molecular complexity index is 785. The smallest absolute Gasteiger partial charge is 0.306 e. The van der Waals surface area contributed by atoms with E-state index in [-0.39, 0.29) is 12.1 Å². The van der Waals surface area contributed by atoms with Crippen molar-refractivity contribution in [1.82, 2.24) is 5.32 Å². The summed E-state index contributed by atoms with van der Waals surface area (Å²) in [5.41, 5.74) is 4.31. The van der Waals surface area contributed by atoms with Crippen LogP contribution in [0.2, 0.25) is 0 Å². The van der Waals surface area contributed by atoms with Crippen molar-refractivity contribution in [2.75, 3.05) is 20.2 Å². The highest BCUT2D eigenvalue weighted by atomic mass is 16.5. The number of aliphatic hydroxyl groups is 1. The normalized spacial score (nSPS) is 24.7. The third-order valence-electron chi connectivity index (χ3n) is 7.08. The Labute approximate surface area is 194 Å². The number of rotatable bonds is 13. The average Bonchev–Trinajstić information content (AvgIpc) is 3.29. The molecule has 4 heteroatoms. The van der Waals surface area contributed by atoms with Gasteiger partial charge in [-0.15, -0.1) is 0 Å². The third-order valence-corrected chi connectivity index (χ3v) is 7.08. The van der Waals surface area contributed by atoms with Gasteiger partial charge >= 0.3 is 5.97 Å². The number of methoxy groups -OCH3 is 1. The van der Waals surface area contributed by atoms with Crippen LogP contribution < -0.4 is 5.32 Å². The fourth-order valence-corrected chi connectivity index (χ4v) is 5.36. The van der Waals surface area contributed by atoms with Gasteiger partial charge in [-0.2, -0.15) is 0 Å². The summed E-state index contributed by atoms with van der Waals surface area (Å²) in [6, 6.07) is 8.74. The van der Waals surface area contributed by atoms with Gasteiger partial charge in [0.25, 0.3) is 0 Å². The van der Waals surface area contributed by atoms with Gasteiger partial charge < -0.3 is 15.2 Å². The molecule has 1 fully saturated rings. The summed E-state index contributed by atoms with van der Waals surface area (Å²) in [7, 11) is 1.43. The second-order valence-electron chi connectivity index (χ2n) is 9.58. The van der Waals surface area contributed by atoms with Crippen molar-refractivity contribution in [3.63, 3.8) is 0 Å². The highest BCUT2D eigenvalue weighted by Gasteiger charge is 2.42. The van der Waals surface area contributed by atoms with Crippen molar-refractivity contribution >= 4 is 5.97 Å². The van der Waals surface area contributed by atoms with Crippen LogP contribution in [-0.4, -0.2) is 37.4 Å². The monoisotopic (exact) mass is 439 g/mol. The van der Waals surface area contributed by atoms with Crippen molar-refractivity contribution in [3.05, 3.63) is 59.2 Å². The number of nitrogens with one attached hydrogen (secondary N) is 1. The van der Waals surface area contributed by atoms with Crippen LogP contribution in [0.5, 0.6) is 0 Å². The molecule has 0 heterocycles. The Balaban J connectivity index is 1.31. The van der Waals surface area contributed by atoms with E-state index in [1.54, 1.807) is 5.57 Å². The number of allylic oxidation sites excluding steroid dienone is 3. The number of fused-ring (bicyclic) bond motifs is 1. The highest BCUT2D eigenvalue weighted by molar-refractivity contribution is 5.69. The SMILES string of the molecule is COC(=O)CCNCCCCCC1=C[C@H]2C[C@@H](O)[C@H](C=CCCc3cccc(C)c3)[C@H]2C1. The molecule has 32 heavy (non-hydrogen) atoms. The van der Waals surface area contributed by atoms with Crippen LogP contribution in [0, 0.1) is 24.7 Å². The standard InChI is InChI=1S/C28H41NO3/c1-21-9-8-12-22(17-21)10-5-6-13-25-26-19-23(18-24(26)20-27(25)30)11-4-3-7-15-29-16-14-28(31)32-2/h6,8-9,12-13,17-18,24-27,29-30H,3-5,7,10-11,14-16,19-20H2,1-2H3/t24-,25+,26-,27+/m0/s1. The zero-order valence-corrected chi connectivity index (χ0v) is 19.9. The molecule has 0 aromatic heterocycles. The van der Waals surface area contributed by atoms with E-state index < -0.39 is 0 Å². The molecule has 1 aromatic carbocycles. The number of aliphatic hydroxyl groups excluding tert-OH is 1. The second-order valence-corrected chi connectivity index (χ2v) is 9.58. The summed E-state index contributed by atoms with van der Waals surface area (Å²) in [5.74, 6) is 1.31. The lowest BCUT2D eigenvalue weighted by Crippen LogP contribution is -2.19. The van der Waals surface area contributed by atoms with E-state index in [2.05, 4.69) is 59.5 Å². The molecule has 0 aliphatic heterocycles. The molecule has 0 unspecified atom stereocenters. The lowest BCUT2D eigenvalue weighted by molar-refractivity contribution is -0.140. The summed E-state index contributed by atoms with van der Waals surface area (Å²) in [6.45, 7) is 3.80. The van der Waals surface area contributed by atoms with Gasteiger partial charge in [0.05, 0.1) is 19.6 Å². The van der Waals surface area contributed by atoms with E-state index in [1.807, 2.05) is 0 Å². The number of ether oxygens (including phenoxy) is 1. The van der Waals surface area contributed by atoms with E-state index in [4.69, 9.17) is 0 Å². The van der Waals surface area contributed by atoms with Gasteiger partial charge in [0, 0.05) is 12.5 Å². The van der Waals surface area contributed by atoms with Crippen molar-refractivity contribution < 1.29 is 14.6 Å². The highest BCUT2D eigenvalue weighted by Crippen LogP contribution is 2.48. The van der Waals surface area contributed by atoms with Gasteiger partial charge in [-0.05, 0) is 75.8 Å². The molecule has 176 valence electrons. The van der Waals surface area contributed by atoms with E-state index in [1.165, 1.54) is 37.5 Å². The molecule has 4 atom stereocenters. The van der Waals surface area contributed by atoms with Crippen LogP contribution in [0.3, 0.4) is 0 Å². The lowest BCUT2D eigenvalue weighted by Gasteiger charge is -2.18. The van der Waals surface area contributed by atoms with Gasteiger partial charge in [-0.3, -0.25) is 4.79 Å². The van der Waals surface area contributed by atoms with Crippen molar-refractivity contribution in [2.24, 2.45) is 17.8 Å². The maximum atomic E-state index is 11.1. The van der Waals surface area contributed by atoms with E-state index in [0.717, 1.165) is 38.6 Å². The summed E-state index contributed by atoms with van der Waals surface area (Å²) in [4.78, 5) is 11.1. The van der Waals surface area contributed by atoms with Crippen LogP contribution in [0.4, 0.5) is 0 Å². The summed E-state index contributed by atoms with van der Waals surface area (Å²) in [6.07, 6.45) is 16.3. The molecule has 1 saturated carbocycles. The lowest BCUT2D eigenvalue weighted by atomic mass is 9.88. The number of carbonyl (C=O) groups excluding carboxylic acids is 1. The number of carbonyl (C=O) groups is 1. The molecule has 0 saturated heterocycles. The van der Waals surface area contributed by atoms with Gasteiger partial charge in [0.1, 0.15) is 0 Å². The van der Waals surface area contributed by atoms with Crippen LogP contribution in [0.15, 0.2) is 48.1 Å². The molecule has 2 N–H and O–H groups in total. The van der Waals surface area contributed by atoms with E-state index in [9.17, 15) is 9.90 Å². The van der Waals surface area contributed by atoms with Crippen LogP contribution in [-0.2, 0) is 16.0 Å². The van der Waals surface area contributed by atoms with Crippen LogP contribution in [0.25, 0.3) is 0 Å². The zero-order chi connectivity index (χ0) is 22.8. The molecule has 4 nitrogen and oxygen atoms in total. The zero-order valence-electron chi connectivity index (χ0n) is 19.9. The molecule has 2 aliphatic carbocycles. The molecule has 2 aliphatic rings. The predicted molar refractivity (Wildman–Crippen MR) is 130 cm³/mol.